The van der Waals surface area contributed by atoms with Crippen LogP contribution in [0.1, 0.15) is 32.6 Å². The van der Waals surface area contributed by atoms with E-state index in [2.05, 4.69) is 5.32 Å². The maximum Gasteiger partial charge on any atom is 0.407 e. The van der Waals surface area contributed by atoms with Crippen molar-refractivity contribution >= 4 is 6.09 Å². The molecule has 0 spiro atoms. The summed E-state index contributed by atoms with van der Waals surface area (Å²) in [5.74, 6) is 0. The van der Waals surface area contributed by atoms with Crippen molar-refractivity contribution in [2.75, 3.05) is 13.2 Å². The van der Waals surface area contributed by atoms with Gasteiger partial charge in [0.15, 0.2) is 0 Å². The third-order valence-electron chi connectivity index (χ3n) is 2.88. The number of cyclic esters (lactones) is 1. The van der Waals surface area contributed by atoms with Gasteiger partial charge in [-0.1, -0.05) is 0 Å². The molecule has 2 fully saturated rings. The molecule has 0 saturated carbocycles. The molecule has 2 heterocycles. The molecule has 80 valence electrons. The van der Waals surface area contributed by atoms with Crippen LogP contribution in [0.2, 0.25) is 0 Å². The van der Waals surface area contributed by atoms with Crippen molar-refractivity contribution in [3.63, 3.8) is 0 Å². The Labute approximate surface area is 84.0 Å². The molecular weight excluding hydrogens is 182 g/mol. The third-order valence-corrected chi connectivity index (χ3v) is 2.88. The number of hydrogen-bond acceptors (Lipinski definition) is 3. The summed E-state index contributed by atoms with van der Waals surface area (Å²) in [6.07, 6.45) is 4.25. The van der Waals surface area contributed by atoms with Crippen LogP contribution in [0.3, 0.4) is 0 Å². The Morgan fingerprint density at radius 3 is 3.00 bits per heavy atom. The van der Waals surface area contributed by atoms with Crippen molar-refractivity contribution in [3.8, 4) is 0 Å². The van der Waals surface area contributed by atoms with Gasteiger partial charge < -0.3 is 14.8 Å². The van der Waals surface area contributed by atoms with Gasteiger partial charge in [0.05, 0.1) is 12.6 Å². The fourth-order valence-corrected chi connectivity index (χ4v) is 2.12. The molecule has 0 aromatic heterocycles. The summed E-state index contributed by atoms with van der Waals surface area (Å²) in [5, 5.41) is 2.68. The Kier molecular flexibility index (Phi) is 2.63. The van der Waals surface area contributed by atoms with Crippen molar-refractivity contribution in [1.29, 1.82) is 0 Å². The molecule has 1 N–H and O–H groups in total. The van der Waals surface area contributed by atoms with Gasteiger partial charge >= 0.3 is 6.09 Å². The van der Waals surface area contributed by atoms with E-state index in [1.807, 2.05) is 6.92 Å². The third kappa shape index (κ3) is 2.18. The lowest BCUT2D eigenvalue weighted by molar-refractivity contribution is -0.0372. The molecule has 2 aliphatic rings. The minimum atomic E-state index is -0.362. The van der Waals surface area contributed by atoms with E-state index >= 15 is 0 Å². The first kappa shape index (κ1) is 9.77. The number of rotatable bonds is 2. The second-order valence-corrected chi connectivity index (χ2v) is 4.39. The molecule has 0 aliphatic carbocycles. The Morgan fingerprint density at radius 1 is 1.57 bits per heavy atom. The average molecular weight is 199 g/mol. The van der Waals surface area contributed by atoms with Crippen LogP contribution < -0.4 is 5.32 Å². The van der Waals surface area contributed by atoms with Crippen molar-refractivity contribution in [2.24, 2.45) is 0 Å². The largest absolute Gasteiger partial charge is 0.441 e. The summed E-state index contributed by atoms with van der Waals surface area (Å²) in [4.78, 5) is 10.9. The van der Waals surface area contributed by atoms with Crippen LogP contribution in [0, 0.1) is 0 Å². The van der Waals surface area contributed by atoms with Crippen molar-refractivity contribution in [1.82, 2.24) is 5.32 Å². The Balaban J connectivity index is 1.86. The number of carbonyl (C=O) groups is 1. The van der Waals surface area contributed by atoms with Gasteiger partial charge in [0.1, 0.15) is 5.60 Å². The number of hydrogen-bond donors (Lipinski definition) is 1. The van der Waals surface area contributed by atoms with Crippen LogP contribution in [0.25, 0.3) is 0 Å². The predicted molar refractivity (Wildman–Crippen MR) is 51.1 cm³/mol. The van der Waals surface area contributed by atoms with Gasteiger partial charge in [-0.05, 0) is 26.2 Å². The molecule has 4 nitrogen and oxygen atoms in total. The van der Waals surface area contributed by atoms with E-state index < -0.39 is 0 Å². The van der Waals surface area contributed by atoms with Crippen LogP contribution in [0.15, 0.2) is 0 Å². The molecule has 0 aromatic carbocycles. The van der Waals surface area contributed by atoms with Gasteiger partial charge in [0.25, 0.3) is 0 Å². The molecule has 14 heavy (non-hydrogen) atoms. The first-order valence-corrected chi connectivity index (χ1v) is 5.26. The summed E-state index contributed by atoms with van der Waals surface area (Å²) in [5.41, 5.74) is -0.362. The van der Waals surface area contributed by atoms with Gasteiger partial charge in [0.2, 0.25) is 0 Å². The minimum Gasteiger partial charge on any atom is -0.441 e. The maximum absolute atomic E-state index is 10.9. The molecule has 4 heteroatoms. The zero-order valence-electron chi connectivity index (χ0n) is 8.54. The van der Waals surface area contributed by atoms with E-state index in [9.17, 15) is 4.79 Å². The number of carbonyl (C=O) groups excluding carboxylic acids is 1. The first-order chi connectivity index (χ1) is 6.68. The van der Waals surface area contributed by atoms with Gasteiger partial charge in [-0.15, -0.1) is 0 Å². The average Bonchev–Trinajstić information content (AvgIpc) is 2.47. The monoisotopic (exact) mass is 199 g/mol. The lowest BCUT2D eigenvalue weighted by atomic mass is 9.94. The zero-order chi connectivity index (χ0) is 10.0. The second kappa shape index (κ2) is 3.77. The van der Waals surface area contributed by atoms with Gasteiger partial charge in [-0.2, -0.15) is 0 Å². The highest BCUT2D eigenvalue weighted by Crippen LogP contribution is 2.26. The molecule has 0 aromatic rings. The van der Waals surface area contributed by atoms with E-state index in [1.165, 1.54) is 6.42 Å². The summed E-state index contributed by atoms with van der Waals surface area (Å²) in [7, 11) is 0. The number of amides is 1. The van der Waals surface area contributed by atoms with Crippen LogP contribution >= 0.6 is 0 Å². The normalized spacial score (nSPS) is 37.8. The number of alkyl carbamates (subject to hydrolysis) is 1. The fourth-order valence-electron chi connectivity index (χ4n) is 2.12. The summed E-state index contributed by atoms with van der Waals surface area (Å²) in [6, 6.07) is 0. The number of ether oxygens (including phenoxy) is 2. The van der Waals surface area contributed by atoms with E-state index in [4.69, 9.17) is 9.47 Å². The Bertz CT molecular complexity index is 225. The Hall–Kier alpha value is -0.770. The van der Waals surface area contributed by atoms with E-state index in [0.717, 1.165) is 25.9 Å². The highest BCUT2D eigenvalue weighted by molar-refractivity contribution is 5.70. The highest BCUT2D eigenvalue weighted by atomic mass is 16.6. The quantitative estimate of drug-likeness (QED) is 0.732. The number of nitrogens with one attached hydrogen (secondary N) is 1. The molecule has 0 bridgehead atoms. The van der Waals surface area contributed by atoms with E-state index in [1.54, 1.807) is 0 Å². The smallest absolute Gasteiger partial charge is 0.407 e. The maximum atomic E-state index is 10.9. The van der Waals surface area contributed by atoms with Crippen molar-refractivity contribution < 1.29 is 14.3 Å². The zero-order valence-corrected chi connectivity index (χ0v) is 8.54. The molecular formula is C10H17NO3. The van der Waals surface area contributed by atoms with Gasteiger partial charge in [-0.25, -0.2) is 4.79 Å². The van der Waals surface area contributed by atoms with Crippen molar-refractivity contribution in [3.05, 3.63) is 0 Å². The predicted octanol–water partition coefficient (Wildman–Crippen LogP) is 1.44. The molecule has 2 atom stereocenters. The summed E-state index contributed by atoms with van der Waals surface area (Å²) >= 11 is 0. The molecule has 1 amide bonds. The highest BCUT2D eigenvalue weighted by Gasteiger charge is 2.38. The lowest BCUT2D eigenvalue weighted by Crippen LogP contribution is -2.36. The lowest BCUT2D eigenvalue weighted by Gasteiger charge is -2.29. The SMILES string of the molecule is CC1(CC2CCCCO2)CNC(=O)O1. The topological polar surface area (TPSA) is 47.6 Å². The first-order valence-electron chi connectivity index (χ1n) is 5.26. The van der Waals surface area contributed by atoms with E-state index in [-0.39, 0.29) is 17.8 Å². The summed E-state index contributed by atoms with van der Waals surface area (Å²) < 4.78 is 10.8. The Morgan fingerprint density at radius 2 is 2.43 bits per heavy atom. The van der Waals surface area contributed by atoms with Crippen molar-refractivity contribution in [2.45, 2.75) is 44.3 Å². The minimum absolute atomic E-state index is 0.265. The van der Waals surface area contributed by atoms with Crippen LogP contribution in [0.5, 0.6) is 0 Å². The fraction of sp³-hybridized carbons (Fsp3) is 0.900. The molecule has 2 unspecified atom stereocenters. The van der Waals surface area contributed by atoms with Crippen LogP contribution in [-0.2, 0) is 9.47 Å². The molecule has 2 aliphatic heterocycles. The standard InChI is InChI=1S/C10H17NO3/c1-10(7-11-9(12)14-10)6-8-4-2-3-5-13-8/h8H,2-7H2,1H3,(H,11,12). The summed E-state index contributed by atoms with van der Waals surface area (Å²) in [6.45, 7) is 3.41. The van der Waals surface area contributed by atoms with Gasteiger partial charge in [-0.3, -0.25) is 0 Å². The van der Waals surface area contributed by atoms with Crippen LogP contribution in [0.4, 0.5) is 4.79 Å². The van der Waals surface area contributed by atoms with Crippen LogP contribution in [-0.4, -0.2) is 30.9 Å². The molecule has 0 radical (unpaired) electrons. The van der Waals surface area contributed by atoms with E-state index in [0.29, 0.717) is 6.54 Å². The molecule has 2 saturated heterocycles. The second-order valence-electron chi connectivity index (χ2n) is 4.39. The molecule has 2 rings (SSSR count). The van der Waals surface area contributed by atoms with Gasteiger partial charge in [0, 0.05) is 13.0 Å².